The Bertz CT molecular complexity index is 1130. The Hall–Kier alpha value is -2.93. The second-order valence-corrected chi connectivity index (χ2v) is 9.53. The minimum atomic E-state index is -0.0506. The Morgan fingerprint density at radius 3 is 2.55 bits per heavy atom. The number of carbonyl (C=O) groups excluding carboxylic acids is 1. The van der Waals surface area contributed by atoms with Crippen molar-refractivity contribution >= 4 is 16.9 Å². The van der Waals surface area contributed by atoms with Gasteiger partial charge in [-0.25, -0.2) is 9.67 Å². The van der Waals surface area contributed by atoms with Gasteiger partial charge in [0.05, 0.1) is 30.3 Å². The third-order valence-corrected chi connectivity index (χ3v) is 6.85. The molecule has 1 amide bonds. The average Bonchev–Trinajstić information content (AvgIpc) is 3.36. The zero-order valence-corrected chi connectivity index (χ0v) is 19.8. The summed E-state index contributed by atoms with van der Waals surface area (Å²) in [4.78, 5) is 20.8. The molecule has 0 spiro atoms. The summed E-state index contributed by atoms with van der Waals surface area (Å²) in [5.74, 6) is 1.26. The van der Waals surface area contributed by atoms with Crippen molar-refractivity contribution in [3.8, 4) is 5.75 Å². The Kier molecular flexibility index (Phi) is 6.06. The van der Waals surface area contributed by atoms with Crippen LogP contribution in [0.5, 0.6) is 5.75 Å². The number of nitrogens with one attached hydrogen (secondary N) is 1. The van der Waals surface area contributed by atoms with E-state index in [1.807, 2.05) is 22.9 Å². The summed E-state index contributed by atoms with van der Waals surface area (Å²) in [5.41, 5.74) is 3.71. The van der Waals surface area contributed by atoms with Crippen molar-refractivity contribution in [1.82, 2.24) is 25.0 Å². The molecule has 1 N–H and O–H groups in total. The van der Waals surface area contributed by atoms with Gasteiger partial charge < -0.3 is 10.1 Å². The molecule has 1 saturated heterocycles. The first-order chi connectivity index (χ1) is 16.0. The van der Waals surface area contributed by atoms with Gasteiger partial charge in [-0.2, -0.15) is 5.10 Å². The molecule has 1 aliphatic carbocycles. The van der Waals surface area contributed by atoms with Crippen LogP contribution in [0.25, 0.3) is 11.0 Å². The van der Waals surface area contributed by atoms with E-state index in [1.54, 1.807) is 13.3 Å². The maximum atomic E-state index is 13.5. The standard InChI is InChI=1S/C26H33N5O2/c1-17(2)31-25-22(15-28-31)21(14-23(29-25)18-6-7-18)26(32)27-16-24(30-12-4-5-13-30)19-8-10-20(33-3)11-9-19/h8-11,14-15,17-18,24H,4-7,12-13,16H2,1-3H3,(H,27,32)/t24-/m1/s1. The van der Waals surface area contributed by atoms with Crippen molar-refractivity contribution in [1.29, 1.82) is 0 Å². The van der Waals surface area contributed by atoms with Crippen LogP contribution in [-0.2, 0) is 0 Å². The first-order valence-corrected chi connectivity index (χ1v) is 12.1. The van der Waals surface area contributed by atoms with Crippen molar-refractivity contribution < 1.29 is 9.53 Å². The fraction of sp³-hybridized carbons (Fsp3) is 0.500. The number of likely N-dealkylation sites (tertiary alicyclic amines) is 1. The summed E-state index contributed by atoms with van der Waals surface area (Å²) in [6, 6.07) is 10.5. The topological polar surface area (TPSA) is 72.3 Å². The molecule has 1 atom stereocenters. The Morgan fingerprint density at radius 1 is 1.18 bits per heavy atom. The van der Waals surface area contributed by atoms with Crippen LogP contribution in [0, 0.1) is 0 Å². The maximum Gasteiger partial charge on any atom is 0.252 e. The monoisotopic (exact) mass is 447 g/mol. The summed E-state index contributed by atoms with van der Waals surface area (Å²) in [6.45, 7) is 6.85. The van der Waals surface area contributed by atoms with Crippen LogP contribution in [0.1, 0.15) is 79.1 Å². The van der Waals surface area contributed by atoms with Gasteiger partial charge in [-0.3, -0.25) is 9.69 Å². The second-order valence-electron chi connectivity index (χ2n) is 9.53. The average molecular weight is 448 g/mol. The van der Waals surface area contributed by atoms with E-state index in [1.165, 1.54) is 18.4 Å². The van der Waals surface area contributed by atoms with Crippen LogP contribution in [0.3, 0.4) is 0 Å². The maximum absolute atomic E-state index is 13.5. The molecule has 1 aliphatic heterocycles. The normalized spacial score (nSPS) is 17.6. The predicted octanol–water partition coefficient (Wildman–Crippen LogP) is 4.47. The number of pyridine rings is 1. The highest BCUT2D eigenvalue weighted by Gasteiger charge is 2.29. The molecule has 2 aliphatic rings. The largest absolute Gasteiger partial charge is 0.497 e. The fourth-order valence-electron chi connectivity index (χ4n) is 4.81. The Morgan fingerprint density at radius 2 is 1.91 bits per heavy atom. The fourth-order valence-corrected chi connectivity index (χ4v) is 4.81. The predicted molar refractivity (Wildman–Crippen MR) is 129 cm³/mol. The highest BCUT2D eigenvalue weighted by atomic mass is 16.5. The third kappa shape index (κ3) is 4.47. The zero-order valence-electron chi connectivity index (χ0n) is 19.8. The van der Waals surface area contributed by atoms with E-state index in [0.717, 1.165) is 48.4 Å². The zero-order chi connectivity index (χ0) is 22.9. The number of aromatic nitrogens is 3. The number of amides is 1. The van der Waals surface area contributed by atoms with Crippen molar-refractivity contribution in [3.63, 3.8) is 0 Å². The van der Waals surface area contributed by atoms with Gasteiger partial charge in [0.1, 0.15) is 5.75 Å². The quantitative estimate of drug-likeness (QED) is 0.552. The number of ether oxygens (including phenoxy) is 1. The number of methoxy groups -OCH3 is 1. The van der Waals surface area contributed by atoms with Crippen LogP contribution >= 0.6 is 0 Å². The number of fused-ring (bicyclic) bond motifs is 1. The van der Waals surface area contributed by atoms with Crippen LogP contribution in [0.2, 0.25) is 0 Å². The molecule has 2 aromatic heterocycles. The van der Waals surface area contributed by atoms with E-state index in [9.17, 15) is 4.79 Å². The van der Waals surface area contributed by atoms with Crippen LogP contribution in [0.4, 0.5) is 0 Å². The van der Waals surface area contributed by atoms with E-state index in [2.05, 4.69) is 41.3 Å². The van der Waals surface area contributed by atoms with Crippen LogP contribution in [0.15, 0.2) is 36.5 Å². The molecule has 0 unspecified atom stereocenters. The summed E-state index contributed by atoms with van der Waals surface area (Å²) in [7, 11) is 1.68. The number of hydrogen-bond acceptors (Lipinski definition) is 5. The molecule has 2 fully saturated rings. The van der Waals surface area contributed by atoms with Gasteiger partial charge in [0.25, 0.3) is 5.91 Å². The lowest BCUT2D eigenvalue weighted by atomic mass is 10.0. The van der Waals surface area contributed by atoms with E-state index in [4.69, 9.17) is 9.72 Å². The molecule has 7 heteroatoms. The molecule has 1 aromatic carbocycles. The van der Waals surface area contributed by atoms with Crippen molar-refractivity contribution in [2.75, 3.05) is 26.7 Å². The SMILES string of the molecule is COc1ccc([C@@H](CNC(=O)c2cc(C3CC3)nc3c2cnn3C(C)C)N2CCCC2)cc1. The number of hydrogen-bond donors (Lipinski definition) is 1. The first-order valence-electron chi connectivity index (χ1n) is 12.1. The van der Waals surface area contributed by atoms with Gasteiger partial charge in [-0.1, -0.05) is 12.1 Å². The molecule has 33 heavy (non-hydrogen) atoms. The third-order valence-electron chi connectivity index (χ3n) is 6.85. The molecule has 0 bridgehead atoms. The van der Waals surface area contributed by atoms with Gasteiger partial charge in [0, 0.05) is 24.2 Å². The second kappa shape index (κ2) is 9.14. The molecule has 3 heterocycles. The van der Waals surface area contributed by atoms with Crippen molar-refractivity contribution in [2.45, 2.75) is 57.5 Å². The smallest absolute Gasteiger partial charge is 0.252 e. The lowest BCUT2D eigenvalue weighted by Gasteiger charge is -2.28. The van der Waals surface area contributed by atoms with Crippen molar-refractivity contribution in [2.24, 2.45) is 0 Å². The summed E-state index contributed by atoms with van der Waals surface area (Å²) < 4.78 is 7.25. The van der Waals surface area contributed by atoms with E-state index in [-0.39, 0.29) is 18.0 Å². The lowest BCUT2D eigenvalue weighted by molar-refractivity contribution is 0.0939. The molecular weight excluding hydrogens is 414 g/mol. The Labute approximate surface area is 195 Å². The molecule has 174 valence electrons. The highest BCUT2D eigenvalue weighted by Crippen LogP contribution is 2.40. The molecule has 1 saturated carbocycles. The number of carbonyl (C=O) groups is 1. The van der Waals surface area contributed by atoms with Crippen LogP contribution in [-0.4, -0.2) is 52.3 Å². The summed E-state index contributed by atoms with van der Waals surface area (Å²) >= 11 is 0. The first kappa shape index (κ1) is 21.9. The molecule has 7 nitrogen and oxygen atoms in total. The van der Waals surface area contributed by atoms with Gasteiger partial charge >= 0.3 is 0 Å². The summed E-state index contributed by atoms with van der Waals surface area (Å²) in [5, 5.41) is 8.61. The highest BCUT2D eigenvalue weighted by molar-refractivity contribution is 6.05. The van der Waals surface area contributed by atoms with Gasteiger partial charge in [-0.05, 0) is 76.4 Å². The van der Waals surface area contributed by atoms with E-state index >= 15 is 0 Å². The van der Waals surface area contributed by atoms with Gasteiger partial charge in [0.15, 0.2) is 5.65 Å². The van der Waals surface area contributed by atoms with Gasteiger partial charge in [0.2, 0.25) is 0 Å². The lowest BCUT2D eigenvalue weighted by Crippen LogP contribution is -2.37. The number of benzene rings is 1. The summed E-state index contributed by atoms with van der Waals surface area (Å²) in [6.07, 6.45) is 6.47. The van der Waals surface area contributed by atoms with E-state index in [0.29, 0.717) is 18.0 Å². The minimum Gasteiger partial charge on any atom is -0.497 e. The molecular formula is C26H33N5O2. The minimum absolute atomic E-state index is 0.0506. The number of rotatable bonds is 8. The van der Waals surface area contributed by atoms with Crippen molar-refractivity contribution in [3.05, 3.63) is 53.3 Å². The molecule has 0 radical (unpaired) electrons. The van der Waals surface area contributed by atoms with Gasteiger partial charge in [-0.15, -0.1) is 0 Å². The molecule has 3 aromatic rings. The Balaban J connectivity index is 1.41. The van der Waals surface area contributed by atoms with Crippen LogP contribution < -0.4 is 10.1 Å². The van der Waals surface area contributed by atoms with E-state index < -0.39 is 0 Å². The number of nitrogens with zero attached hydrogens (tertiary/aromatic N) is 4. The molecule has 5 rings (SSSR count).